The molecule has 9 nitrogen and oxygen atoms in total. The smallest absolute Gasteiger partial charge is 0.219 e. The molecule has 2 aliphatic rings. The predicted octanol–water partition coefficient (Wildman–Crippen LogP) is 2.74. The number of aromatic amines is 1. The Hall–Kier alpha value is -3.01. The number of rotatable bonds is 8. The van der Waals surface area contributed by atoms with Gasteiger partial charge in [0.2, 0.25) is 5.88 Å². The largest absolute Gasteiger partial charge is 0.476 e. The molecule has 1 aromatic carbocycles. The summed E-state index contributed by atoms with van der Waals surface area (Å²) in [6.45, 7) is 12.7. The van der Waals surface area contributed by atoms with Crippen LogP contribution in [0.3, 0.4) is 0 Å². The zero-order valence-electron chi connectivity index (χ0n) is 20.6. The summed E-state index contributed by atoms with van der Waals surface area (Å²) < 4.78 is 17.0. The summed E-state index contributed by atoms with van der Waals surface area (Å²) in [5.41, 5.74) is 4.80. The maximum Gasteiger partial charge on any atom is 0.219 e. The van der Waals surface area contributed by atoms with Gasteiger partial charge in [-0.05, 0) is 37.1 Å². The van der Waals surface area contributed by atoms with Gasteiger partial charge in [0, 0.05) is 55.4 Å². The molecule has 0 saturated carbocycles. The van der Waals surface area contributed by atoms with Crippen LogP contribution < -0.4 is 9.64 Å². The minimum atomic E-state index is 0.560. The molecule has 2 saturated heterocycles. The van der Waals surface area contributed by atoms with E-state index in [0.717, 1.165) is 62.8 Å². The van der Waals surface area contributed by atoms with Crippen molar-refractivity contribution in [2.75, 3.05) is 70.7 Å². The normalized spacial score (nSPS) is 17.5. The Morgan fingerprint density at radius 2 is 1.80 bits per heavy atom. The summed E-state index contributed by atoms with van der Waals surface area (Å²) in [6.07, 6.45) is 1.75. The molecule has 1 N–H and O–H groups in total. The van der Waals surface area contributed by atoms with Crippen molar-refractivity contribution in [1.29, 1.82) is 0 Å². The lowest BCUT2D eigenvalue weighted by atomic mass is 10.1. The van der Waals surface area contributed by atoms with E-state index in [1.165, 1.54) is 16.6 Å². The van der Waals surface area contributed by atoms with Crippen molar-refractivity contribution in [3.8, 4) is 5.88 Å². The predicted molar refractivity (Wildman–Crippen MR) is 137 cm³/mol. The first-order valence-corrected chi connectivity index (χ1v) is 12.4. The highest BCUT2D eigenvalue weighted by atomic mass is 16.5. The molecule has 35 heavy (non-hydrogen) atoms. The monoisotopic (exact) mass is 478 g/mol. The maximum atomic E-state index is 6.05. The third-order valence-electron chi connectivity index (χ3n) is 6.66. The van der Waals surface area contributed by atoms with Gasteiger partial charge in [0.25, 0.3) is 0 Å². The van der Waals surface area contributed by atoms with Crippen LogP contribution in [0.2, 0.25) is 0 Å². The molecule has 0 spiro atoms. The number of nitrogens with one attached hydrogen (secondary N) is 1. The van der Waals surface area contributed by atoms with Gasteiger partial charge in [0.05, 0.1) is 39.2 Å². The number of nitrogens with zero attached hydrogens (tertiary/aromatic N) is 5. The van der Waals surface area contributed by atoms with Crippen LogP contribution in [0.5, 0.6) is 5.88 Å². The summed E-state index contributed by atoms with van der Waals surface area (Å²) in [4.78, 5) is 22.0. The van der Waals surface area contributed by atoms with E-state index in [9.17, 15) is 0 Å². The van der Waals surface area contributed by atoms with Crippen LogP contribution >= 0.6 is 0 Å². The molecule has 5 rings (SSSR count). The molecule has 2 aromatic heterocycles. The molecule has 0 radical (unpaired) electrons. The Labute approximate surface area is 206 Å². The summed E-state index contributed by atoms with van der Waals surface area (Å²) >= 11 is 0. The van der Waals surface area contributed by atoms with Gasteiger partial charge < -0.3 is 24.1 Å². The van der Waals surface area contributed by atoms with E-state index in [4.69, 9.17) is 19.2 Å². The van der Waals surface area contributed by atoms with E-state index in [2.05, 4.69) is 56.8 Å². The van der Waals surface area contributed by atoms with Gasteiger partial charge in [-0.3, -0.25) is 9.89 Å². The van der Waals surface area contributed by atoms with E-state index < -0.39 is 0 Å². The quantitative estimate of drug-likeness (QED) is 0.498. The summed E-state index contributed by atoms with van der Waals surface area (Å²) in [7, 11) is 0. The molecule has 4 heterocycles. The van der Waals surface area contributed by atoms with Crippen LogP contribution in [-0.4, -0.2) is 91.8 Å². The van der Waals surface area contributed by atoms with E-state index in [1.807, 2.05) is 6.07 Å². The number of aliphatic imine (C=N–C) groups is 1. The second-order valence-electron chi connectivity index (χ2n) is 9.05. The van der Waals surface area contributed by atoms with E-state index >= 15 is 0 Å². The summed E-state index contributed by atoms with van der Waals surface area (Å²) in [6, 6.07) is 8.36. The van der Waals surface area contributed by atoms with E-state index in [0.29, 0.717) is 38.1 Å². The molecule has 9 heteroatoms. The molecule has 0 bridgehead atoms. The molecule has 0 atom stereocenters. The Morgan fingerprint density at radius 3 is 2.60 bits per heavy atom. The first-order chi connectivity index (χ1) is 17.2. The maximum absolute atomic E-state index is 6.05. The molecule has 186 valence electrons. The standard InChI is InChI=1S/C26H34N6O3/c1-19-20(2)28-23-4-3-21(15-22(19)23)17-27-18-24-29-25(32-8-12-34-13-9-32)16-26(30-24)35-14-7-31-5-10-33-11-6-31/h3-4,15-16,18,28H,5-14,17H2,1-2H3. The van der Waals surface area contributed by atoms with Gasteiger partial charge >= 0.3 is 0 Å². The number of fused-ring (bicyclic) bond motifs is 1. The van der Waals surface area contributed by atoms with Gasteiger partial charge in [-0.15, -0.1) is 0 Å². The molecule has 2 fully saturated rings. The van der Waals surface area contributed by atoms with Crippen LogP contribution in [0.15, 0.2) is 29.3 Å². The lowest BCUT2D eigenvalue weighted by molar-refractivity contribution is 0.0320. The number of aryl methyl sites for hydroxylation is 2. The zero-order chi connectivity index (χ0) is 24.0. The Kier molecular flexibility index (Phi) is 7.56. The van der Waals surface area contributed by atoms with Gasteiger partial charge in [0.1, 0.15) is 12.4 Å². The van der Waals surface area contributed by atoms with Crippen molar-refractivity contribution in [3.63, 3.8) is 0 Å². The number of ether oxygens (including phenoxy) is 3. The van der Waals surface area contributed by atoms with Crippen LogP contribution in [0.1, 0.15) is 22.6 Å². The topological polar surface area (TPSA) is 88.1 Å². The van der Waals surface area contributed by atoms with Gasteiger partial charge in [0.15, 0.2) is 5.82 Å². The lowest BCUT2D eigenvalue weighted by Crippen LogP contribution is -2.38. The van der Waals surface area contributed by atoms with Gasteiger partial charge in [-0.25, -0.2) is 4.98 Å². The van der Waals surface area contributed by atoms with Crippen molar-refractivity contribution in [2.24, 2.45) is 4.99 Å². The van der Waals surface area contributed by atoms with Crippen molar-refractivity contribution in [3.05, 3.63) is 46.9 Å². The lowest BCUT2D eigenvalue weighted by Gasteiger charge is -2.28. The van der Waals surface area contributed by atoms with Crippen LogP contribution in [0.4, 0.5) is 5.82 Å². The minimum Gasteiger partial charge on any atom is -0.476 e. The van der Waals surface area contributed by atoms with Crippen molar-refractivity contribution < 1.29 is 14.2 Å². The third kappa shape index (κ3) is 5.98. The number of aromatic nitrogens is 3. The number of hydrogen-bond acceptors (Lipinski definition) is 8. The highest BCUT2D eigenvalue weighted by molar-refractivity contribution is 5.85. The molecule has 2 aliphatic heterocycles. The highest BCUT2D eigenvalue weighted by Crippen LogP contribution is 2.23. The molecule has 3 aromatic rings. The second kappa shape index (κ2) is 11.2. The fraction of sp³-hybridized carbons (Fsp3) is 0.500. The van der Waals surface area contributed by atoms with Crippen LogP contribution in [0.25, 0.3) is 10.9 Å². The number of hydrogen-bond donors (Lipinski definition) is 1. The SMILES string of the molecule is Cc1[nH]c2ccc(CN=Cc3nc(OCCN4CCOCC4)cc(N4CCOCC4)n3)cc2c1C. The van der Waals surface area contributed by atoms with Crippen molar-refractivity contribution in [1.82, 2.24) is 19.9 Å². The zero-order valence-corrected chi connectivity index (χ0v) is 20.6. The fourth-order valence-corrected chi connectivity index (χ4v) is 4.46. The summed E-state index contributed by atoms with van der Waals surface area (Å²) in [5.74, 6) is 1.99. The molecular weight excluding hydrogens is 444 g/mol. The third-order valence-corrected chi connectivity index (χ3v) is 6.66. The van der Waals surface area contributed by atoms with E-state index in [-0.39, 0.29) is 0 Å². The number of anilines is 1. The highest BCUT2D eigenvalue weighted by Gasteiger charge is 2.16. The Balaban J connectivity index is 1.29. The average molecular weight is 479 g/mol. The number of benzene rings is 1. The number of morpholine rings is 2. The average Bonchev–Trinajstić information content (AvgIpc) is 3.18. The Morgan fingerprint density at radius 1 is 1.03 bits per heavy atom. The Bertz CT molecular complexity index is 1170. The van der Waals surface area contributed by atoms with Crippen molar-refractivity contribution in [2.45, 2.75) is 20.4 Å². The van der Waals surface area contributed by atoms with Crippen LogP contribution in [-0.2, 0) is 16.0 Å². The second-order valence-corrected chi connectivity index (χ2v) is 9.05. The molecule has 0 aliphatic carbocycles. The first-order valence-electron chi connectivity index (χ1n) is 12.4. The van der Waals surface area contributed by atoms with E-state index in [1.54, 1.807) is 6.21 Å². The molecule has 0 amide bonds. The number of H-pyrrole nitrogens is 1. The van der Waals surface area contributed by atoms with Gasteiger partial charge in [-0.2, -0.15) is 4.98 Å². The van der Waals surface area contributed by atoms with Gasteiger partial charge in [-0.1, -0.05) is 6.07 Å². The minimum absolute atomic E-state index is 0.560. The van der Waals surface area contributed by atoms with Crippen LogP contribution in [0, 0.1) is 13.8 Å². The fourth-order valence-electron chi connectivity index (χ4n) is 4.46. The molecular formula is C26H34N6O3. The molecule has 0 unspecified atom stereocenters. The van der Waals surface area contributed by atoms with Crippen molar-refractivity contribution >= 4 is 22.9 Å². The first kappa shape index (κ1) is 23.7. The summed E-state index contributed by atoms with van der Waals surface area (Å²) in [5, 5.41) is 1.25.